The predicted molar refractivity (Wildman–Crippen MR) is 111 cm³/mol. The zero-order valence-corrected chi connectivity index (χ0v) is 17.2. The summed E-state index contributed by atoms with van der Waals surface area (Å²) >= 11 is 1.60. The number of thiazole rings is 1. The fraction of sp³-hybridized carbons (Fsp3) is 0.238. The molecular weight excluding hydrogens is 403 g/mol. The Balaban J connectivity index is 1.56. The summed E-state index contributed by atoms with van der Waals surface area (Å²) in [4.78, 5) is 14.6. The highest BCUT2D eigenvalue weighted by molar-refractivity contribution is 7.11. The number of aromatic nitrogens is 4. The number of aryl methyl sites for hydroxylation is 2. The van der Waals surface area contributed by atoms with Gasteiger partial charge in [-0.1, -0.05) is 0 Å². The van der Waals surface area contributed by atoms with Crippen LogP contribution in [-0.2, 0) is 13.0 Å². The normalized spacial score (nSPS) is 12.6. The number of nitriles is 1. The topological polar surface area (TPSA) is 88.1 Å². The van der Waals surface area contributed by atoms with E-state index in [4.69, 9.17) is 4.74 Å². The van der Waals surface area contributed by atoms with Crippen molar-refractivity contribution in [3.63, 3.8) is 0 Å². The summed E-state index contributed by atoms with van der Waals surface area (Å²) in [6.45, 7) is 4.75. The van der Waals surface area contributed by atoms with Gasteiger partial charge in [-0.05, 0) is 26.0 Å². The van der Waals surface area contributed by atoms with Gasteiger partial charge in [0.2, 0.25) is 5.95 Å². The van der Waals surface area contributed by atoms with E-state index in [1.54, 1.807) is 34.2 Å². The van der Waals surface area contributed by atoms with Crippen molar-refractivity contribution in [1.29, 1.82) is 5.26 Å². The molecule has 9 heteroatoms. The number of rotatable bonds is 4. The Hall–Kier alpha value is -3.51. The third kappa shape index (κ3) is 2.97. The van der Waals surface area contributed by atoms with Gasteiger partial charge in [0.1, 0.15) is 17.6 Å². The zero-order chi connectivity index (χ0) is 20.8. The molecule has 0 bridgehead atoms. The van der Waals surface area contributed by atoms with Gasteiger partial charge in [-0.3, -0.25) is 4.40 Å². The Labute approximate surface area is 175 Å². The predicted octanol–water partition coefficient (Wildman–Crippen LogP) is 4.03. The quantitative estimate of drug-likeness (QED) is 0.536. The molecule has 0 saturated heterocycles. The molecule has 4 heterocycles. The Morgan fingerprint density at radius 2 is 2.20 bits per heavy atom. The Bertz CT molecular complexity index is 1340. The van der Waals surface area contributed by atoms with Crippen molar-refractivity contribution < 1.29 is 9.13 Å². The van der Waals surface area contributed by atoms with Crippen molar-refractivity contribution in [1.82, 2.24) is 19.4 Å². The summed E-state index contributed by atoms with van der Waals surface area (Å²) in [6, 6.07) is 5.17. The van der Waals surface area contributed by atoms with Crippen molar-refractivity contribution in [2.45, 2.75) is 26.8 Å². The zero-order valence-electron chi connectivity index (χ0n) is 16.4. The van der Waals surface area contributed by atoms with Gasteiger partial charge < -0.3 is 10.1 Å². The van der Waals surface area contributed by atoms with Crippen molar-refractivity contribution in [2.75, 3.05) is 11.9 Å². The number of imidazole rings is 1. The van der Waals surface area contributed by atoms with Gasteiger partial charge >= 0.3 is 0 Å². The van der Waals surface area contributed by atoms with Crippen molar-refractivity contribution in [2.24, 2.45) is 0 Å². The lowest BCUT2D eigenvalue weighted by atomic mass is 10.0. The molecule has 0 unspecified atom stereocenters. The molecule has 150 valence electrons. The maximum absolute atomic E-state index is 14.5. The van der Waals surface area contributed by atoms with E-state index in [0.29, 0.717) is 30.2 Å². The molecular formula is C21H17FN6OS. The van der Waals surface area contributed by atoms with Crippen LogP contribution in [0.15, 0.2) is 24.5 Å². The Kier molecular flexibility index (Phi) is 4.37. The van der Waals surface area contributed by atoms with Crippen LogP contribution < -0.4 is 10.1 Å². The van der Waals surface area contributed by atoms with Crippen LogP contribution >= 0.6 is 11.3 Å². The summed E-state index contributed by atoms with van der Waals surface area (Å²) in [5, 5.41) is 13.5. The molecule has 0 spiro atoms. The largest absolute Gasteiger partial charge is 0.493 e. The molecule has 30 heavy (non-hydrogen) atoms. The van der Waals surface area contributed by atoms with E-state index in [1.807, 2.05) is 13.8 Å². The third-order valence-corrected chi connectivity index (χ3v) is 6.01. The molecule has 1 aliphatic heterocycles. The second kappa shape index (κ2) is 7.07. The van der Waals surface area contributed by atoms with E-state index in [-0.39, 0.29) is 18.1 Å². The standard InChI is InChI=1S/C21H17FN6OS/c1-11-19(26-12(2)30-11)16-9-25-21(28-10-13(7-23)27-20(16)28)24-8-15-14-5-6-29-18(14)4-3-17(15)22/h3-4,9-10H,5-6,8H2,1-2H3,(H,24,25). The van der Waals surface area contributed by atoms with Gasteiger partial charge in [0.05, 0.1) is 29.1 Å². The summed E-state index contributed by atoms with van der Waals surface area (Å²) in [6.07, 6.45) is 4.00. The Morgan fingerprint density at radius 1 is 1.33 bits per heavy atom. The van der Waals surface area contributed by atoms with Gasteiger partial charge in [0.15, 0.2) is 11.3 Å². The number of halogens is 1. The average Bonchev–Trinajstić information content (AvgIpc) is 3.45. The summed E-state index contributed by atoms with van der Waals surface area (Å²) < 4.78 is 21.7. The van der Waals surface area contributed by atoms with Crippen LogP contribution in [0.1, 0.15) is 26.7 Å². The first-order chi connectivity index (χ1) is 14.5. The minimum absolute atomic E-state index is 0.245. The molecule has 0 aliphatic carbocycles. The molecule has 0 saturated carbocycles. The van der Waals surface area contributed by atoms with Gasteiger partial charge in [-0.25, -0.2) is 19.3 Å². The second-order valence-electron chi connectivity index (χ2n) is 7.02. The SMILES string of the molecule is Cc1nc(-c2cnc(NCc3c(F)ccc4c3CCO4)n3cc(C#N)nc23)c(C)s1. The van der Waals surface area contributed by atoms with E-state index in [2.05, 4.69) is 26.3 Å². The number of hydrogen-bond donors (Lipinski definition) is 1. The smallest absolute Gasteiger partial charge is 0.208 e. The molecule has 1 aliphatic rings. The summed E-state index contributed by atoms with van der Waals surface area (Å²) in [7, 11) is 0. The van der Waals surface area contributed by atoms with Crippen LogP contribution in [-0.4, -0.2) is 26.0 Å². The molecule has 5 rings (SSSR count). The van der Waals surface area contributed by atoms with Crippen LogP contribution in [0.2, 0.25) is 0 Å². The van der Waals surface area contributed by atoms with E-state index < -0.39 is 0 Å². The number of hydrogen-bond acceptors (Lipinski definition) is 7. The van der Waals surface area contributed by atoms with Crippen LogP contribution in [0.4, 0.5) is 10.3 Å². The minimum Gasteiger partial charge on any atom is -0.493 e. The number of ether oxygens (including phenoxy) is 1. The lowest BCUT2D eigenvalue weighted by molar-refractivity contribution is 0.356. The second-order valence-corrected chi connectivity index (χ2v) is 8.43. The maximum atomic E-state index is 14.5. The highest BCUT2D eigenvalue weighted by Gasteiger charge is 2.21. The fourth-order valence-corrected chi connectivity index (χ4v) is 4.61. The third-order valence-electron chi connectivity index (χ3n) is 5.13. The first kappa shape index (κ1) is 18.5. The average molecular weight is 420 g/mol. The van der Waals surface area contributed by atoms with Gasteiger partial charge in [0, 0.05) is 35.2 Å². The van der Waals surface area contributed by atoms with Crippen LogP contribution in [0.25, 0.3) is 16.9 Å². The molecule has 1 aromatic carbocycles. The van der Waals surface area contributed by atoms with Crippen molar-refractivity contribution >= 4 is 22.9 Å². The monoisotopic (exact) mass is 420 g/mol. The molecule has 0 amide bonds. The number of fused-ring (bicyclic) bond motifs is 2. The molecule has 7 nitrogen and oxygen atoms in total. The maximum Gasteiger partial charge on any atom is 0.208 e. The van der Waals surface area contributed by atoms with E-state index in [9.17, 15) is 9.65 Å². The highest BCUT2D eigenvalue weighted by atomic mass is 32.1. The first-order valence-electron chi connectivity index (χ1n) is 9.44. The molecule has 0 radical (unpaired) electrons. The van der Waals surface area contributed by atoms with Crippen LogP contribution in [0, 0.1) is 31.0 Å². The van der Waals surface area contributed by atoms with E-state index in [1.165, 1.54) is 6.07 Å². The van der Waals surface area contributed by atoms with Crippen molar-refractivity contribution in [3.8, 4) is 23.1 Å². The number of benzene rings is 1. The van der Waals surface area contributed by atoms with Crippen LogP contribution in [0.5, 0.6) is 5.75 Å². The Morgan fingerprint density at radius 3 is 2.97 bits per heavy atom. The molecule has 0 fully saturated rings. The number of nitrogens with zero attached hydrogens (tertiary/aromatic N) is 5. The summed E-state index contributed by atoms with van der Waals surface area (Å²) in [5.41, 5.74) is 3.87. The minimum atomic E-state index is -0.281. The van der Waals surface area contributed by atoms with Crippen molar-refractivity contribution in [3.05, 3.63) is 57.0 Å². The highest BCUT2D eigenvalue weighted by Crippen LogP contribution is 2.32. The fourth-order valence-electron chi connectivity index (χ4n) is 3.78. The lowest BCUT2D eigenvalue weighted by Crippen LogP contribution is -2.09. The van der Waals surface area contributed by atoms with Gasteiger partial charge in [-0.2, -0.15) is 5.26 Å². The molecule has 3 aromatic heterocycles. The number of anilines is 1. The summed E-state index contributed by atoms with van der Waals surface area (Å²) in [5.74, 6) is 0.922. The number of nitrogens with one attached hydrogen (secondary N) is 1. The van der Waals surface area contributed by atoms with Crippen LogP contribution in [0.3, 0.4) is 0 Å². The van der Waals surface area contributed by atoms with E-state index >= 15 is 0 Å². The van der Waals surface area contributed by atoms with E-state index in [0.717, 1.165) is 32.5 Å². The van der Waals surface area contributed by atoms with Gasteiger partial charge in [-0.15, -0.1) is 11.3 Å². The first-order valence-corrected chi connectivity index (χ1v) is 10.3. The molecule has 0 atom stereocenters. The lowest BCUT2D eigenvalue weighted by Gasteiger charge is -2.12. The molecule has 4 aromatic rings. The molecule has 1 N–H and O–H groups in total. The van der Waals surface area contributed by atoms with Gasteiger partial charge in [0.25, 0.3) is 0 Å².